The van der Waals surface area contributed by atoms with Crippen molar-refractivity contribution in [1.82, 2.24) is 14.8 Å². The number of carbonyl (C=O) groups excluding carboxylic acids is 1. The Balaban J connectivity index is 2.36. The number of carbonyl (C=O) groups is 1. The Bertz CT molecular complexity index is 703. The Hall–Kier alpha value is -1.89. The molecule has 5 nitrogen and oxygen atoms in total. The van der Waals surface area contributed by atoms with Gasteiger partial charge in [-0.25, -0.2) is 4.39 Å². The van der Waals surface area contributed by atoms with E-state index in [4.69, 9.17) is 4.74 Å². The van der Waals surface area contributed by atoms with Gasteiger partial charge in [-0.1, -0.05) is 37.7 Å². The molecule has 0 bridgehead atoms. The molecular formula is C17H22FN3O2S. The molecule has 0 aliphatic heterocycles. The largest absolute Gasteiger partial charge is 0.465 e. The van der Waals surface area contributed by atoms with E-state index in [9.17, 15) is 9.18 Å². The van der Waals surface area contributed by atoms with Gasteiger partial charge < -0.3 is 9.30 Å². The Labute approximate surface area is 145 Å². The second kappa shape index (κ2) is 8.28. The van der Waals surface area contributed by atoms with Gasteiger partial charge in [0.25, 0.3) is 0 Å². The van der Waals surface area contributed by atoms with Crippen molar-refractivity contribution < 1.29 is 13.9 Å². The number of thioether (sulfide) groups is 1. The molecule has 7 heteroatoms. The lowest BCUT2D eigenvalue weighted by molar-refractivity contribution is -0.142. The fourth-order valence-corrected chi connectivity index (χ4v) is 3.07. The first-order valence-electron chi connectivity index (χ1n) is 7.95. The maximum absolute atomic E-state index is 14.1. The highest BCUT2D eigenvalue weighted by atomic mass is 32.2. The molecule has 2 aromatic rings. The summed E-state index contributed by atoms with van der Waals surface area (Å²) in [6.45, 7) is 8.63. The van der Waals surface area contributed by atoms with E-state index in [1.54, 1.807) is 32.0 Å². The van der Waals surface area contributed by atoms with Crippen LogP contribution < -0.4 is 0 Å². The van der Waals surface area contributed by atoms with Crippen molar-refractivity contribution in [3.63, 3.8) is 0 Å². The summed E-state index contributed by atoms with van der Waals surface area (Å²) >= 11 is 1.27. The molecule has 1 aromatic heterocycles. The topological polar surface area (TPSA) is 57.0 Å². The predicted octanol–water partition coefficient (Wildman–Crippen LogP) is 3.78. The van der Waals surface area contributed by atoms with Crippen LogP contribution in [0, 0.1) is 11.7 Å². The standard InChI is InChI=1S/C17H22FN3O2S/c1-5-23-16(22)12(4)24-17-20-19-15(21(17)10-11(2)3)13-8-6-7-9-14(13)18/h6-9,11-12H,5,10H2,1-4H3. The average Bonchev–Trinajstić information content (AvgIpc) is 2.90. The van der Waals surface area contributed by atoms with Crippen molar-refractivity contribution in [3.05, 3.63) is 30.1 Å². The number of esters is 1. The Kier molecular flexibility index (Phi) is 6.36. The lowest BCUT2D eigenvalue weighted by Crippen LogP contribution is -2.18. The van der Waals surface area contributed by atoms with Gasteiger partial charge in [-0.15, -0.1) is 10.2 Å². The summed E-state index contributed by atoms with van der Waals surface area (Å²) in [7, 11) is 0. The van der Waals surface area contributed by atoms with Gasteiger partial charge >= 0.3 is 5.97 Å². The third-order valence-corrected chi connectivity index (χ3v) is 4.34. The van der Waals surface area contributed by atoms with Gasteiger partial charge in [0.2, 0.25) is 0 Å². The molecule has 1 aromatic carbocycles. The van der Waals surface area contributed by atoms with Crippen LogP contribution in [0.2, 0.25) is 0 Å². The number of nitrogens with zero attached hydrogens (tertiary/aromatic N) is 3. The summed E-state index contributed by atoms with van der Waals surface area (Å²) in [5.41, 5.74) is 0.404. The van der Waals surface area contributed by atoms with Gasteiger partial charge in [0.1, 0.15) is 11.1 Å². The summed E-state index contributed by atoms with van der Waals surface area (Å²) in [4.78, 5) is 11.9. The quantitative estimate of drug-likeness (QED) is 0.561. The molecule has 0 saturated carbocycles. The van der Waals surface area contributed by atoms with Crippen molar-refractivity contribution >= 4 is 17.7 Å². The van der Waals surface area contributed by atoms with E-state index in [1.807, 2.05) is 4.57 Å². The molecule has 0 aliphatic carbocycles. The molecule has 2 rings (SSSR count). The highest BCUT2D eigenvalue weighted by molar-refractivity contribution is 8.00. The van der Waals surface area contributed by atoms with Crippen LogP contribution in [0.1, 0.15) is 27.7 Å². The molecule has 0 spiro atoms. The van der Waals surface area contributed by atoms with Crippen molar-refractivity contribution in [2.24, 2.45) is 5.92 Å². The van der Waals surface area contributed by atoms with Crippen LogP contribution >= 0.6 is 11.8 Å². The predicted molar refractivity (Wildman–Crippen MR) is 92.2 cm³/mol. The number of hydrogen-bond acceptors (Lipinski definition) is 5. The van der Waals surface area contributed by atoms with E-state index in [0.29, 0.717) is 35.6 Å². The highest BCUT2D eigenvalue weighted by Crippen LogP contribution is 2.29. The van der Waals surface area contributed by atoms with Crippen LogP contribution in [-0.2, 0) is 16.1 Å². The molecule has 1 unspecified atom stereocenters. The molecule has 130 valence electrons. The molecular weight excluding hydrogens is 329 g/mol. The van der Waals surface area contributed by atoms with E-state index in [-0.39, 0.29) is 11.8 Å². The lowest BCUT2D eigenvalue weighted by atomic mass is 10.2. The van der Waals surface area contributed by atoms with Gasteiger partial charge in [-0.3, -0.25) is 4.79 Å². The molecule has 0 N–H and O–H groups in total. The number of aromatic nitrogens is 3. The summed E-state index contributed by atoms with van der Waals surface area (Å²) in [6.07, 6.45) is 0. The molecule has 0 radical (unpaired) electrons. The van der Waals surface area contributed by atoms with E-state index >= 15 is 0 Å². The molecule has 0 amide bonds. The second-order valence-corrected chi connectivity index (χ2v) is 7.11. The fourth-order valence-electron chi connectivity index (χ4n) is 2.21. The van der Waals surface area contributed by atoms with Crippen LogP contribution in [0.25, 0.3) is 11.4 Å². The first kappa shape index (κ1) is 18.4. The Morgan fingerprint density at radius 2 is 2.00 bits per heavy atom. The first-order valence-corrected chi connectivity index (χ1v) is 8.83. The van der Waals surface area contributed by atoms with E-state index in [1.165, 1.54) is 17.8 Å². The minimum Gasteiger partial charge on any atom is -0.465 e. The van der Waals surface area contributed by atoms with Crippen LogP contribution in [0.3, 0.4) is 0 Å². The smallest absolute Gasteiger partial charge is 0.319 e. The third-order valence-electron chi connectivity index (χ3n) is 3.28. The monoisotopic (exact) mass is 351 g/mol. The zero-order chi connectivity index (χ0) is 17.7. The van der Waals surface area contributed by atoms with Crippen molar-refractivity contribution in [1.29, 1.82) is 0 Å². The molecule has 0 aliphatic rings. The van der Waals surface area contributed by atoms with Crippen LogP contribution in [-0.4, -0.2) is 32.6 Å². The molecule has 1 heterocycles. The summed E-state index contributed by atoms with van der Waals surface area (Å²) < 4.78 is 21.0. The van der Waals surface area contributed by atoms with E-state index < -0.39 is 5.25 Å². The normalized spacial score (nSPS) is 12.4. The molecule has 0 fully saturated rings. The second-order valence-electron chi connectivity index (χ2n) is 5.80. The summed E-state index contributed by atoms with van der Waals surface area (Å²) in [5.74, 6) is 0.156. The van der Waals surface area contributed by atoms with Crippen LogP contribution in [0.4, 0.5) is 4.39 Å². The van der Waals surface area contributed by atoms with Crippen molar-refractivity contribution in [2.75, 3.05) is 6.61 Å². The van der Waals surface area contributed by atoms with Gasteiger partial charge in [-0.2, -0.15) is 0 Å². The number of halogens is 1. The number of rotatable bonds is 7. The van der Waals surface area contributed by atoms with Crippen LogP contribution in [0.5, 0.6) is 0 Å². The Morgan fingerprint density at radius 3 is 2.62 bits per heavy atom. The van der Waals surface area contributed by atoms with Gasteiger partial charge in [0.15, 0.2) is 11.0 Å². The highest BCUT2D eigenvalue weighted by Gasteiger charge is 2.23. The van der Waals surface area contributed by atoms with Gasteiger partial charge in [0.05, 0.1) is 12.2 Å². The van der Waals surface area contributed by atoms with Gasteiger partial charge in [-0.05, 0) is 31.9 Å². The van der Waals surface area contributed by atoms with Crippen molar-refractivity contribution in [2.45, 2.75) is 44.6 Å². The molecule has 1 atom stereocenters. The molecule has 0 saturated heterocycles. The maximum Gasteiger partial charge on any atom is 0.319 e. The van der Waals surface area contributed by atoms with E-state index in [2.05, 4.69) is 24.0 Å². The molecule has 24 heavy (non-hydrogen) atoms. The zero-order valence-electron chi connectivity index (χ0n) is 14.3. The average molecular weight is 351 g/mol. The zero-order valence-corrected chi connectivity index (χ0v) is 15.1. The number of ether oxygens (including phenoxy) is 1. The summed E-state index contributed by atoms with van der Waals surface area (Å²) in [5, 5.41) is 8.51. The minimum absolute atomic E-state index is 0.297. The summed E-state index contributed by atoms with van der Waals surface area (Å²) in [6, 6.07) is 6.48. The maximum atomic E-state index is 14.1. The first-order chi connectivity index (χ1) is 11.4. The number of hydrogen-bond donors (Lipinski definition) is 0. The lowest BCUT2D eigenvalue weighted by Gasteiger charge is -2.14. The van der Waals surface area contributed by atoms with Crippen molar-refractivity contribution in [3.8, 4) is 11.4 Å². The van der Waals surface area contributed by atoms with E-state index in [0.717, 1.165) is 0 Å². The van der Waals surface area contributed by atoms with Crippen LogP contribution in [0.15, 0.2) is 29.4 Å². The minimum atomic E-state index is -0.409. The SMILES string of the molecule is CCOC(=O)C(C)Sc1nnc(-c2ccccc2F)n1CC(C)C. The third kappa shape index (κ3) is 4.35. The Morgan fingerprint density at radius 1 is 1.29 bits per heavy atom. The van der Waals surface area contributed by atoms with Gasteiger partial charge in [0, 0.05) is 6.54 Å². The fraction of sp³-hybridized carbons (Fsp3) is 0.471. The number of benzene rings is 1.